The summed E-state index contributed by atoms with van der Waals surface area (Å²) in [7, 11) is -1.65. The maximum absolute atomic E-state index is 2.64. The van der Waals surface area contributed by atoms with Gasteiger partial charge in [0.1, 0.15) is 0 Å². The molecule has 0 saturated carbocycles. The van der Waals surface area contributed by atoms with Gasteiger partial charge in [0.25, 0.3) is 0 Å². The van der Waals surface area contributed by atoms with Gasteiger partial charge < -0.3 is 24.8 Å². The molecule has 3 aliphatic rings. The molecule has 4 bridgehead atoms. The van der Waals surface area contributed by atoms with E-state index in [1.807, 2.05) is 17.0 Å². The molecule has 3 rings (SSSR count). The van der Waals surface area contributed by atoms with Gasteiger partial charge in [0.2, 0.25) is 0 Å². The molecule has 0 aromatic rings. The van der Waals surface area contributed by atoms with Crippen LogP contribution in [0.25, 0.3) is 0 Å². The Bertz CT molecular complexity index is 688. The van der Waals surface area contributed by atoms with Crippen molar-refractivity contribution in [3.63, 3.8) is 0 Å². The molecule has 0 spiro atoms. The fraction of sp³-hybridized carbons (Fsp3) is 0.636. The van der Waals surface area contributed by atoms with Gasteiger partial charge in [-0.25, -0.2) is 0 Å². The normalized spacial score (nSPS) is 21.8. The van der Waals surface area contributed by atoms with Crippen molar-refractivity contribution in [3.05, 3.63) is 39.2 Å². The Morgan fingerprint density at radius 1 is 0.692 bits per heavy atom. The van der Waals surface area contributed by atoms with Gasteiger partial charge in [-0.15, -0.1) is 0 Å². The van der Waals surface area contributed by atoms with Gasteiger partial charge >= 0.3 is 163 Å². The molecule has 0 atom stereocenters. The van der Waals surface area contributed by atoms with Crippen molar-refractivity contribution in [2.24, 2.45) is 10.8 Å². The van der Waals surface area contributed by atoms with E-state index in [0.29, 0.717) is 10.8 Å². The summed E-state index contributed by atoms with van der Waals surface area (Å²) in [4.78, 5) is 0. The molecule has 0 fully saturated rings. The Morgan fingerprint density at radius 2 is 1.00 bits per heavy atom. The zero-order chi connectivity index (χ0) is 18.2. The second kappa shape index (κ2) is 7.47. The molecule has 4 heteroatoms. The second-order valence-corrected chi connectivity index (χ2v) is 18.3. The van der Waals surface area contributed by atoms with E-state index in [2.05, 4.69) is 68.5 Å². The Morgan fingerprint density at radius 3 is 1.27 bits per heavy atom. The predicted molar refractivity (Wildman–Crippen MR) is 105 cm³/mol. The van der Waals surface area contributed by atoms with E-state index in [0.717, 1.165) is 0 Å². The summed E-state index contributed by atoms with van der Waals surface area (Å²) in [6.07, 6.45) is 2.62. The van der Waals surface area contributed by atoms with E-state index >= 15 is 0 Å². The third kappa shape index (κ3) is 3.74. The summed E-state index contributed by atoms with van der Waals surface area (Å²) < 4.78 is 3.78. The molecule has 0 saturated heterocycles. The Labute approximate surface area is 186 Å². The molecule has 0 radical (unpaired) electrons. The fourth-order valence-corrected chi connectivity index (χ4v) is 14.3. The standard InChI is InChI=1S/C22H34Si.2ClH.Zr/c1-15-11-13-17(21(3,4)5)19(15)23(9,10)20-16(2)12-14-18(20)22(6,7)8;;;/h13-14H2,1-10H3;2*1H;/q;;;+2/p-2. The number of rotatable bonds is 0. The molecule has 0 aromatic heterocycles. The van der Waals surface area contributed by atoms with E-state index < -0.39 is 31.3 Å². The predicted octanol–water partition coefficient (Wildman–Crippen LogP) is 0.918. The number of hydrogen-bond acceptors (Lipinski definition) is 0. The first-order chi connectivity index (χ1) is 10.8. The van der Waals surface area contributed by atoms with E-state index in [9.17, 15) is 0 Å². The van der Waals surface area contributed by atoms with Crippen molar-refractivity contribution < 1.29 is 48.0 Å². The second-order valence-electron chi connectivity index (χ2n) is 10.5. The molecule has 0 aromatic carbocycles. The molecule has 1 aliphatic heterocycles. The van der Waals surface area contributed by atoms with Crippen molar-refractivity contribution >= 4 is 8.07 Å². The summed E-state index contributed by atoms with van der Waals surface area (Å²) in [5, 5.41) is 3.67. The zero-order valence-corrected chi connectivity index (χ0v) is 23.1. The summed E-state index contributed by atoms with van der Waals surface area (Å²) in [6, 6.07) is 0. The summed E-state index contributed by atoms with van der Waals surface area (Å²) in [5.74, 6) is 0. The largest absolute Gasteiger partial charge is 1.00 e. The molecular weight excluding hydrogens is 454 g/mol. The molecular formula is C22H34Cl2SiZr. The maximum Gasteiger partial charge on any atom is -1.00 e. The molecule has 144 valence electrons. The van der Waals surface area contributed by atoms with Crippen LogP contribution in [0, 0.1) is 10.8 Å². The molecule has 0 nitrogen and oxygen atoms in total. The topological polar surface area (TPSA) is 0 Å². The van der Waals surface area contributed by atoms with Gasteiger partial charge in [-0.3, -0.25) is 0 Å². The van der Waals surface area contributed by atoms with E-state index in [1.165, 1.54) is 12.8 Å². The number of hydrogen-bond donors (Lipinski definition) is 0. The van der Waals surface area contributed by atoms with Crippen LogP contribution in [0.2, 0.25) is 13.1 Å². The summed E-state index contributed by atoms with van der Waals surface area (Å²) in [6.45, 7) is 24.8. The van der Waals surface area contributed by atoms with Crippen LogP contribution in [0.15, 0.2) is 39.2 Å². The Balaban J connectivity index is 0.00000169. The summed E-state index contributed by atoms with van der Waals surface area (Å²) in [5.41, 5.74) is 7.67. The number of halogens is 2. The van der Waals surface area contributed by atoms with E-state index in [1.54, 1.807) is 22.3 Å². The van der Waals surface area contributed by atoms with Crippen LogP contribution in [-0.2, 0) is 23.2 Å². The molecule has 26 heavy (non-hydrogen) atoms. The quantitative estimate of drug-likeness (QED) is 0.445. The number of fused-ring (bicyclic) bond motifs is 2. The molecule has 0 amide bonds. The average molecular weight is 489 g/mol. The average Bonchev–Trinajstić information content (AvgIpc) is 2.90. The van der Waals surface area contributed by atoms with Crippen molar-refractivity contribution in [1.29, 1.82) is 0 Å². The maximum atomic E-state index is 2.64. The van der Waals surface area contributed by atoms with Crippen LogP contribution >= 0.6 is 0 Å². The smallest absolute Gasteiger partial charge is 1.00 e. The van der Waals surface area contributed by atoms with Crippen LogP contribution in [-0.4, -0.2) is 8.07 Å². The van der Waals surface area contributed by atoms with Gasteiger partial charge in [0.15, 0.2) is 0 Å². The minimum atomic E-state index is -1.65. The Kier molecular flexibility index (Phi) is 7.09. The fourth-order valence-electron chi connectivity index (χ4n) is 5.11. The van der Waals surface area contributed by atoms with Gasteiger partial charge in [-0.05, 0) is 0 Å². The van der Waals surface area contributed by atoms with Gasteiger partial charge in [0, 0.05) is 0 Å². The van der Waals surface area contributed by atoms with Gasteiger partial charge in [0.05, 0.1) is 0 Å². The molecule has 2 aliphatic carbocycles. The third-order valence-corrected chi connectivity index (χ3v) is 14.4. The Hall–Kier alpha value is 0.640. The van der Waals surface area contributed by atoms with Crippen LogP contribution in [0.4, 0.5) is 0 Å². The van der Waals surface area contributed by atoms with Crippen molar-refractivity contribution in [2.45, 2.75) is 81.3 Å². The molecule has 0 N–H and O–H groups in total. The summed E-state index contributed by atoms with van der Waals surface area (Å²) >= 11 is -0.593. The van der Waals surface area contributed by atoms with E-state index in [4.69, 9.17) is 0 Å². The first-order valence-corrected chi connectivity index (χ1v) is 14.9. The van der Waals surface area contributed by atoms with Crippen molar-refractivity contribution in [2.75, 3.05) is 0 Å². The van der Waals surface area contributed by atoms with Crippen LogP contribution in [0.5, 0.6) is 0 Å². The molecule has 1 heterocycles. The minimum Gasteiger partial charge on any atom is -1.00 e. The minimum absolute atomic E-state index is 0. The molecule has 0 unspecified atom stereocenters. The third-order valence-electron chi connectivity index (χ3n) is 6.33. The zero-order valence-electron chi connectivity index (χ0n) is 18.2. The number of allylic oxidation sites excluding steroid dienone is 8. The van der Waals surface area contributed by atoms with Crippen LogP contribution in [0.1, 0.15) is 68.2 Å². The first-order valence-electron chi connectivity index (χ1n) is 9.41. The van der Waals surface area contributed by atoms with Crippen molar-refractivity contribution in [1.82, 2.24) is 0 Å². The monoisotopic (exact) mass is 486 g/mol. The SMILES string of the molecule is CC1=[C]2CC(C(C)(C)C)=C1[Si](C)(C)C1=C(C(C)(C)C)C[C](=C1C)[Zr+2]2.[Cl-].[Cl-]. The van der Waals surface area contributed by atoms with Gasteiger partial charge in [-0.2, -0.15) is 0 Å². The van der Waals surface area contributed by atoms with Crippen LogP contribution in [0.3, 0.4) is 0 Å². The van der Waals surface area contributed by atoms with Gasteiger partial charge in [-0.1, -0.05) is 0 Å². The van der Waals surface area contributed by atoms with Crippen molar-refractivity contribution in [3.8, 4) is 0 Å². The van der Waals surface area contributed by atoms with Crippen LogP contribution < -0.4 is 24.8 Å². The first kappa shape index (κ1) is 24.7. The van der Waals surface area contributed by atoms with E-state index in [-0.39, 0.29) is 24.8 Å².